The maximum Gasteiger partial charge on any atom is 0.262 e. The molecule has 4 rings (SSSR count). The smallest absolute Gasteiger partial charge is 0.262 e. The summed E-state index contributed by atoms with van der Waals surface area (Å²) in [6, 6.07) is 17.9. The maximum absolute atomic E-state index is 14.8. The number of aromatic nitrogens is 2. The van der Waals surface area contributed by atoms with Crippen molar-refractivity contribution in [3.8, 4) is 0 Å². The van der Waals surface area contributed by atoms with E-state index in [0.717, 1.165) is 11.1 Å². The highest BCUT2D eigenvalue weighted by molar-refractivity contribution is 7.16. The number of fused-ring (bicyclic) bond motifs is 1. The van der Waals surface area contributed by atoms with Crippen LogP contribution in [0.4, 0.5) is 4.39 Å². The van der Waals surface area contributed by atoms with Gasteiger partial charge in [0.15, 0.2) is 0 Å². The standard InChI is InChI=1S/C28H31FN4O2S/c1-18(2)24(32(17-22(29)15-30)27(34)21-11-9-19(3)10-12-21)25-31-26-23(13-14-36-26)28(35)33(25)16-20-7-5-4-6-8-20/h4-14,18,22,24H,15-17,30H2,1-3H3/t22-,24?/m0/s1. The average molecular weight is 507 g/mol. The molecule has 2 aromatic carbocycles. The number of hydrogen-bond donors (Lipinski definition) is 1. The molecule has 2 aromatic heterocycles. The summed E-state index contributed by atoms with van der Waals surface area (Å²) in [4.78, 5) is 34.4. The van der Waals surface area contributed by atoms with Gasteiger partial charge in [-0.25, -0.2) is 9.37 Å². The second-order valence-electron chi connectivity index (χ2n) is 9.33. The summed E-state index contributed by atoms with van der Waals surface area (Å²) in [6.07, 6.45) is -1.42. The highest BCUT2D eigenvalue weighted by Gasteiger charge is 2.34. The third kappa shape index (κ3) is 5.39. The molecule has 2 N–H and O–H groups in total. The van der Waals surface area contributed by atoms with Crippen molar-refractivity contribution in [3.63, 3.8) is 0 Å². The number of nitrogens with two attached hydrogens (primary N) is 1. The molecule has 0 aliphatic carbocycles. The Morgan fingerprint density at radius 3 is 2.44 bits per heavy atom. The molecule has 0 bridgehead atoms. The fourth-order valence-electron chi connectivity index (χ4n) is 4.38. The van der Waals surface area contributed by atoms with Crippen molar-refractivity contribution in [1.82, 2.24) is 14.5 Å². The molecule has 2 heterocycles. The first kappa shape index (κ1) is 25.7. The first-order chi connectivity index (χ1) is 17.3. The molecular formula is C28H31FN4O2S. The lowest BCUT2D eigenvalue weighted by molar-refractivity contribution is 0.0534. The van der Waals surface area contributed by atoms with Crippen LogP contribution in [0, 0.1) is 12.8 Å². The van der Waals surface area contributed by atoms with Crippen LogP contribution in [0.5, 0.6) is 0 Å². The van der Waals surface area contributed by atoms with Gasteiger partial charge in [-0.1, -0.05) is 61.9 Å². The third-order valence-electron chi connectivity index (χ3n) is 6.24. The minimum atomic E-state index is -1.42. The van der Waals surface area contributed by atoms with Crippen molar-refractivity contribution < 1.29 is 9.18 Å². The molecule has 0 spiro atoms. The van der Waals surface area contributed by atoms with Gasteiger partial charge in [-0.3, -0.25) is 14.2 Å². The molecule has 1 amide bonds. The molecule has 0 fully saturated rings. The van der Waals surface area contributed by atoms with E-state index in [0.29, 0.717) is 28.1 Å². The monoisotopic (exact) mass is 506 g/mol. The fourth-order valence-corrected chi connectivity index (χ4v) is 5.14. The van der Waals surface area contributed by atoms with Crippen molar-refractivity contribution in [3.05, 3.63) is 98.9 Å². The Morgan fingerprint density at radius 1 is 1.11 bits per heavy atom. The van der Waals surface area contributed by atoms with E-state index < -0.39 is 12.2 Å². The summed E-state index contributed by atoms with van der Waals surface area (Å²) in [5, 5.41) is 2.37. The topological polar surface area (TPSA) is 81.2 Å². The normalized spacial score (nSPS) is 13.2. The number of alkyl halides is 1. The molecule has 36 heavy (non-hydrogen) atoms. The molecule has 0 aliphatic heterocycles. The average Bonchev–Trinajstić information content (AvgIpc) is 3.35. The molecule has 2 atom stereocenters. The Labute approximate surface area is 214 Å². The van der Waals surface area contributed by atoms with E-state index >= 15 is 0 Å². The number of carbonyl (C=O) groups is 1. The SMILES string of the molecule is Cc1ccc(C(=O)N(C[C@@H](F)CN)C(c2nc3sccc3c(=O)n2Cc2ccccc2)C(C)C)cc1. The van der Waals surface area contributed by atoms with Gasteiger partial charge in [-0.15, -0.1) is 11.3 Å². The lowest BCUT2D eigenvalue weighted by Crippen LogP contribution is -2.45. The van der Waals surface area contributed by atoms with Gasteiger partial charge in [0.25, 0.3) is 11.5 Å². The zero-order valence-corrected chi connectivity index (χ0v) is 21.5. The van der Waals surface area contributed by atoms with E-state index in [-0.39, 0.29) is 30.5 Å². The van der Waals surface area contributed by atoms with E-state index in [2.05, 4.69) is 0 Å². The van der Waals surface area contributed by atoms with Crippen molar-refractivity contribution in [2.45, 2.75) is 39.5 Å². The number of rotatable bonds is 9. The predicted molar refractivity (Wildman–Crippen MR) is 143 cm³/mol. The largest absolute Gasteiger partial charge is 0.328 e. The molecule has 4 aromatic rings. The number of carbonyl (C=O) groups excluding carboxylic acids is 1. The van der Waals surface area contributed by atoms with Crippen LogP contribution in [0.1, 0.15) is 47.2 Å². The second kappa shape index (κ2) is 11.1. The Bertz CT molecular complexity index is 1380. The Kier molecular flexibility index (Phi) is 7.96. The number of hydrogen-bond acceptors (Lipinski definition) is 5. The summed E-state index contributed by atoms with van der Waals surface area (Å²) >= 11 is 1.37. The van der Waals surface area contributed by atoms with E-state index in [9.17, 15) is 14.0 Å². The lowest BCUT2D eigenvalue weighted by Gasteiger charge is -2.36. The number of aryl methyl sites for hydroxylation is 1. The molecule has 8 heteroatoms. The van der Waals surface area contributed by atoms with Crippen LogP contribution >= 0.6 is 11.3 Å². The van der Waals surface area contributed by atoms with Crippen LogP contribution < -0.4 is 11.3 Å². The second-order valence-corrected chi connectivity index (χ2v) is 10.2. The Balaban J connectivity index is 1.90. The van der Waals surface area contributed by atoms with E-state index in [1.807, 2.05) is 68.6 Å². The van der Waals surface area contributed by atoms with Gasteiger partial charge in [0, 0.05) is 12.1 Å². The van der Waals surface area contributed by atoms with Crippen molar-refractivity contribution >= 4 is 27.5 Å². The van der Waals surface area contributed by atoms with Gasteiger partial charge in [-0.05, 0) is 42.0 Å². The zero-order chi connectivity index (χ0) is 25.8. The number of halogens is 1. The molecule has 1 unspecified atom stereocenters. The van der Waals surface area contributed by atoms with Crippen molar-refractivity contribution in [2.24, 2.45) is 11.7 Å². The highest BCUT2D eigenvalue weighted by Crippen LogP contribution is 2.31. The molecule has 0 aliphatic rings. The summed E-state index contributed by atoms with van der Waals surface area (Å²) in [5.74, 6) is -0.0363. The molecule has 0 saturated heterocycles. The quantitative estimate of drug-likeness (QED) is 0.348. The van der Waals surface area contributed by atoms with Crippen LogP contribution in [-0.4, -0.2) is 39.6 Å². The van der Waals surface area contributed by atoms with Crippen LogP contribution in [0.15, 0.2) is 70.8 Å². The first-order valence-electron chi connectivity index (χ1n) is 12.0. The van der Waals surface area contributed by atoms with Crippen molar-refractivity contribution in [2.75, 3.05) is 13.1 Å². The number of thiophene rings is 1. The van der Waals surface area contributed by atoms with Crippen LogP contribution in [-0.2, 0) is 6.54 Å². The Morgan fingerprint density at radius 2 is 1.81 bits per heavy atom. The summed E-state index contributed by atoms with van der Waals surface area (Å²) in [6.45, 7) is 5.73. The number of nitrogens with zero attached hydrogens (tertiary/aromatic N) is 3. The van der Waals surface area contributed by atoms with Crippen molar-refractivity contribution in [1.29, 1.82) is 0 Å². The van der Waals surface area contributed by atoms with E-state index in [1.54, 1.807) is 22.8 Å². The molecule has 188 valence electrons. The molecule has 0 saturated carbocycles. The number of amides is 1. The maximum atomic E-state index is 14.8. The summed E-state index contributed by atoms with van der Waals surface area (Å²) in [7, 11) is 0. The Hall–Kier alpha value is -3.36. The van der Waals surface area contributed by atoms with Crippen LogP contribution in [0.3, 0.4) is 0 Å². The van der Waals surface area contributed by atoms with Crippen LogP contribution in [0.2, 0.25) is 0 Å². The lowest BCUT2D eigenvalue weighted by atomic mass is 9.98. The minimum Gasteiger partial charge on any atom is -0.328 e. The fraction of sp³-hybridized carbons (Fsp3) is 0.321. The highest BCUT2D eigenvalue weighted by atomic mass is 32.1. The molecule has 0 radical (unpaired) electrons. The van der Waals surface area contributed by atoms with Crippen LogP contribution in [0.25, 0.3) is 10.2 Å². The molecular weight excluding hydrogens is 475 g/mol. The van der Waals surface area contributed by atoms with Gasteiger partial charge >= 0.3 is 0 Å². The van der Waals surface area contributed by atoms with Gasteiger partial charge in [0.1, 0.15) is 16.8 Å². The number of benzene rings is 2. The van der Waals surface area contributed by atoms with E-state index in [1.165, 1.54) is 16.2 Å². The van der Waals surface area contributed by atoms with Gasteiger partial charge in [0.2, 0.25) is 0 Å². The van der Waals surface area contributed by atoms with Gasteiger partial charge in [-0.2, -0.15) is 0 Å². The summed E-state index contributed by atoms with van der Waals surface area (Å²) < 4.78 is 16.4. The third-order valence-corrected chi connectivity index (χ3v) is 7.04. The predicted octanol–water partition coefficient (Wildman–Crippen LogP) is 4.95. The van der Waals surface area contributed by atoms with Gasteiger partial charge < -0.3 is 10.6 Å². The summed E-state index contributed by atoms with van der Waals surface area (Å²) in [5.41, 5.74) is 7.85. The van der Waals surface area contributed by atoms with Gasteiger partial charge in [0.05, 0.1) is 24.5 Å². The van der Waals surface area contributed by atoms with E-state index in [4.69, 9.17) is 10.7 Å². The minimum absolute atomic E-state index is 0.157. The first-order valence-corrected chi connectivity index (χ1v) is 12.9. The zero-order valence-electron chi connectivity index (χ0n) is 20.7. The molecule has 6 nitrogen and oxygen atoms in total.